The summed E-state index contributed by atoms with van der Waals surface area (Å²) in [4.78, 5) is 19.4. The molecule has 27 heavy (non-hydrogen) atoms. The van der Waals surface area contributed by atoms with Crippen LogP contribution < -0.4 is 5.32 Å². The Morgan fingerprint density at radius 3 is 2.70 bits per heavy atom. The summed E-state index contributed by atoms with van der Waals surface area (Å²) in [5.74, 6) is 0.318. The van der Waals surface area contributed by atoms with Gasteiger partial charge in [-0.25, -0.2) is 4.39 Å². The van der Waals surface area contributed by atoms with E-state index >= 15 is 0 Å². The quantitative estimate of drug-likeness (QED) is 0.650. The number of hydrogen-bond acceptors (Lipinski definition) is 3. The first kappa shape index (κ1) is 22.3. The topological polar surface area (TPSA) is 44.7 Å². The van der Waals surface area contributed by atoms with Gasteiger partial charge in [0.1, 0.15) is 5.82 Å². The SMILES string of the molecule is CN1C(=NC2CCCCCC2)SCC1CC(=O)Nc1ccc(F)cc1Cl.Cl. The van der Waals surface area contributed by atoms with Crippen LogP contribution in [0, 0.1) is 5.82 Å². The van der Waals surface area contributed by atoms with E-state index in [0.717, 1.165) is 10.9 Å². The first-order chi connectivity index (χ1) is 12.5. The molecule has 3 rings (SSSR count). The number of hydrogen-bond donors (Lipinski definition) is 1. The molecular formula is C19H26Cl2FN3OS. The van der Waals surface area contributed by atoms with Gasteiger partial charge in [0.25, 0.3) is 0 Å². The molecule has 1 aliphatic carbocycles. The number of amides is 1. The van der Waals surface area contributed by atoms with Crippen molar-refractivity contribution in [2.24, 2.45) is 4.99 Å². The minimum absolute atomic E-state index is 0. The molecule has 1 N–H and O–H groups in total. The molecule has 1 amide bonds. The average molecular weight is 434 g/mol. The highest BCUT2D eigenvalue weighted by atomic mass is 35.5. The Kier molecular flexibility index (Phi) is 8.70. The lowest BCUT2D eigenvalue weighted by Gasteiger charge is -2.22. The van der Waals surface area contributed by atoms with Crippen molar-refractivity contribution in [2.75, 3.05) is 18.1 Å². The van der Waals surface area contributed by atoms with Crippen LogP contribution in [0.5, 0.6) is 0 Å². The number of thioether (sulfide) groups is 1. The molecule has 2 fully saturated rings. The maximum atomic E-state index is 13.1. The number of halogens is 3. The van der Waals surface area contributed by atoms with Gasteiger partial charge in [-0.05, 0) is 31.0 Å². The molecule has 2 aliphatic rings. The lowest BCUT2D eigenvalue weighted by atomic mass is 10.1. The van der Waals surface area contributed by atoms with Crippen LogP contribution in [0.4, 0.5) is 10.1 Å². The van der Waals surface area contributed by atoms with Crippen molar-refractivity contribution in [2.45, 2.75) is 57.0 Å². The van der Waals surface area contributed by atoms with Crippen LogP contribution in [0.2, 0.25) is 5.02 Å². The smallest absolute Gasteiger partial charge is 0.226 e. The van der Waals surface area contributed by atoms with Gasteiger partial charge in [0.05, 0.1) is 16.8 Å². The Balaban J connectivity index is 0.00000261. The van der Waals surface area contributed by atoms with E-state index in [0.29, 0.717) is 18.2 Å². The maximum Gasteiger partial charge on any atom is 0.226 e. The maximum absolute atomic E-state index is 13.1. The average Bonchev–Trinajstić information content (AvgIpc) is 2.80. The van der Waals surface area contributed by atoms with Crippen molar-refractivity contribution < 1.29 is 9.18 Å². The highest BCUT2D eigenvalue weighted by molar-refractivity contribution is 8.14. The minimum Gasteiger partial charge on any atom is -0.350 e. The van der Waals surface area contributed by atoms with Crippen LogP contribution in [0.1, 0.15) is 44.9 Å². The molecule has 0 bridgehead atoms. The van der Waals surface area contributed by atoms with E-state index in [1.165, 1.54) is 56.7 Å². The van der Waals surface area contributed by atoms with E-state index in [4.69, 9.17) is 16.6 Å². The summed E-state index contributed by atoms with van der Waals surface area (Å²) >= 11 is 7.71. The number of rotatable bonds is 4. The highest BCUT2D eigenvalue weighted by Crippen LogP contribution is 2.29. The number of carbonyl (C=O) groups is 1. The first-order valence-corrected chi connectivity index (χ1v) is 10.6. The number of benzene rings is 1. The van der Waals surface area contributed by atoms with E-state index < -0.39 is 5.82 Å². The molecule has 4 nitrogen and oxygen atoms in total. The predicted molar refractivity (Wildman–Crippen MR) is 115 cm³/mol. The van der Waals surface area contributed by atoms with Crippen molar-refractivity contribution in [1.29, 1.82) is 0 Å². The number of carbonyl (C=O) groups excluding carboxylic acids is 1. The van der Waals surface area contributed by atoms with Gasteiger partial charge in [-0.1, -0.05) is 49.0 Å². The van der Waals surface area contributed by atoms with E-state index in [-0.39, 0.29) is 29.4 Å². The van der Waals surface area contributed by atoms with Crippen molar-refractivity contribution in [3.05, 3.63) is 29.0 Å². The third-order valence-corrected chi connectivity index (χ3v) is 6.51. The van der Waals surface area contributed by atoms with E-state index in [2.05, 4.69) is 10.2 Å². The summed E-state index contributed by atoms with van der Waals surface area (Å²) in [6.07, 6.45) is 7.87. The molecule has 1 aromatic carbocycles. The van der Waals surface area contributed by atoms with Gasteiger partial charge in [-0.3, -0.25) is 9.79 Å². The van der Waals surface area contributed by atoms with E-state index in [9.17, 15) is 9.18 Å². The van der Waals surface area contributed by atoms with Gasteiger partial charge in [-0.2, -0.15) is 0 Å². The van der Waals surface area contributed by atoms with Crippen molar-refractivity contribution in [1.82, 2.24) is 4.90 Å². The van der Waals surface area contributed by atoms with Crippen LogP contribution >= 0.6 is 35.8 Å². The molecule has 8 heteroatoms. The van der Waals surface area contributed by atoms with Crippen molar-refractivity contribution in [3.8, 4) is 0 Å². The Bertz CT molecular complexity index is 681. The molecular weight excluding hydrogens is 408 g/mol. The largest absolute Gasteiger partial charge is 0.350 e. The molecule has 1 saturated heterocycles. The zero-order valence-electron chi connectivity index (χ0n) is 15.4. The standard InChI is InChI=1S/C19H25ClFN3OS.ClH/c1-24-15(11-18(25)23-17-9-8-13(21)10-16(17)20)12-26-19(24)22-14-6-4-2-3-5-7-14;/h8-10,14-15H,2-7,11-12H2,1H3,(H,23,25);1H. The molecule has 0 aromatic heterocycles. The summed E-state index contributed by atoms with van der Waals surface area (Å²) in [5, 5.41) is 4.04. The van der Waals surface area contributed by atoms with E-state index in [1.54, 1.807) is 11.8 Å². The molecule has 1 unspecified atom stereocenters. The lowest BCUT2D eigenvalue weighted by Crippen LogP contribution is -2.34. The number of amidine groups is 1. The fourth-order valence-corrected chi connectivity index (χ4v) is 4.89. The fraction of sp³-hybridized carbons (Fsp3) is 0.579. The predicted octanol–water partition coefficient (Wildman–Crippen LogP) is 5.36. The number of nitrogens with zero attached hydrogens (tertiary/aromatic N) is 2. The van der Waals surface area contributed by atoms with Gasteiger partial charge in [0.2, 0.25) is 5.91 Å². The molecule has 1 heterocycles. The van der Waals surface area contributed by atoms with Crippen LogP contribution in [-0.2, 0) is 4.79 Å². The molecule has 150 valence electrons. The Hall–Kier alpha value is -0.980. The first-order valence-electron chi connectivity index (χ1n) is 9.21. The zero-order valence-corrected chi connectivity index (χ0v) is 17.8. The summed E-state index contributed by atoms with van der Waals surface area (Å²) in [6, 6.07) is 4.52. The second-order valence-electron chi connectivity index (χ2n) is 7.01. The fourth-order valence-electron chi connectivity index (χ4n) is 3.41. The molecule has 1 aromatic rings. The number of aliphatic imine (C=N–C) groups is 1. The summed E-state index contributed by atoms with van der Waals surface area (Å²) < 4.78 is 13.1. The van der Waals surface area contributed by atoms with Gasteiger partial charge < -0.3 is 10.2 Å². The zero-order chi connectivity index (χ0) is 18.5. The van der Waals surface area contributed by atoms with E-state index in [1.807, 2.05) is 7.05 Å². The van der Waals surface area contributed by atoms with Gasteiger partial charge in [0, 0.05) is 25.3 Å². The molecule has 0 radical (unpaired) electrons. The summed E-state index contributed by atoms with van der Waals surface area (Å²) in [7, 11) is 2.01. The Morgan fingerprint density at radius 2 is 2.04 bits per heavy atom. The molecule has 1 aliphatic heterocycles. The van der Waals surface area contributed by atoms with Crippen molar-refractivity contribution >= 4 is 52.5 Å². The van der Waals surface area contributed by atoms with Crippen LogP contribution in [0.3, 0.4) is 0 Å². The second-order valence-corrected chi connectivity index (χ2v) is 8.40. The third-order valence-electron chi connectivity index (χ3n) is 5.00. The molecule has 1 saturated carbocycles. The van der Waals surface area contributed by atoms with Gasteiger partial charge >= 0.3 is 0 Å². The summed E-state index contributed by atoms with van der Waals surface area (Å²) in [6.45, 7) is 0. The van der Waals surface area contributed by atoms with Gasteiger partial charge in [0.15, 0.2) is 5.17 Å². The molecule has 1 atom stereocenters. The third kappa shape index (κ3) is 6.26. The normalized spacial score (nSPS) is 22.4. The lowest BCUT2D eigenvalue weighted by molar-refractivity contribution is -0.116. The summed E-state index contributed by atoms with van der Waals surface area (Å²) in [5.41, 5.74) is 0.443. The molecule has 0 spiro atoms. The van der Waals surface area contributed by atoms with Crippen molar-refractivity contribution in [3.63, 3.8) is 0 Å². The Morgan fingerprint density at radius 1 is 1.33 bits per heavy atom. The number of nitrogens with one attached hydrogen (secondary N) is 1. The monoisotopic (exact) mass is 433 g/mol. The number of anilines is 1. The highest BCUT2D eigenvalue weighted by Gasteiger charge is 2.30. The Labute approximate surface area is 175 Å². The van der Waals surface area contributed by atoms with Crippen LogP contribution in [0.25, 0.3) is 0 Å². The van der Waals surface area contributed by atoms with Crippen LogP contribution in [-0.4, -0.2) is 40.9 Å². The van der Waals surface area contributed by atoms with Gasteiger partial charge in [-0.15, -0.1) is 12.4 Å². The second kappa shape index (κ2) is 10.5. The minimum atomic E-state index is -0.417. The van der Waals surface area contributed by atoms with Crippen LogP contribution in [0.15, 0.2) is 23.2 Å².